The topological polar surface area (TPSA) is 89.2 Å². The lowest BCUT2D eigenvalue weighted by Gasteiger charge is -2.30. The number of piperidine rings is 1. The first kappa shape index (κ1) is 19.7. The minimum atomic E-state index is -3.56. The molecule has 3 aromatic rings. The van der Waals surface area contributed by atoms with Crippen molar-refractivity contribution in [3.8, 4) is 11.4 Å². The monoisotopic (exact) mass is 412 g/mol. The second-order valence-electron chi connectivity index (χ2n) is 7.62. The van der Waals surface area contributed by atoms with E-state index in [1.165, 1.54) is 4.31 Å². The van der Waals surface area contributed by atoms with Gasteiger partial charge in [-0.1, -0.05) is 31.1 Å². The van der Waals surface area contributed by atoms with E-state index in [0.717, 1.165) is 24.0 Å². The molecule has 0 saturated carbocycles. The zero-order valence-corrected chi connectivity index (χ0v) is 17.3. The number of benzene rings is 1. The lowest BCUT2D eigenvalue weighted by molar-refractivity contribution is 0.265. The van der Waals surface area contributed by atoms with Gasteiger partial charge in [0.05, 0.1) is 10.8 Å². The summed E-state index contributed by atoms with van der Waals surface area (Å²) < 4.78 is 33.2. The van der Waals surface area contributed by atoms with E-state index in [4.69, 9.17) is 4.52 Å². The summed E-state index contributed by atoms with van der Waals surface area (Å²) in [6.45, 7) is 5.00. The van der Waals surface area contributed by atoms with Gasteiger partial charge in [-0.05, 0) is 48.6 Å². The van der Waals surface area contributed by atoms with E-state index in [9.17, 15) is 8.42 Å². The van der Waals surface area contributed by atoms with Crippen molar-refractivity contribution < 1.29 is 12.9 Å². The Kier molecular flexibility index (Phi) is 5.47. The molecule has 1 saturated heterocycles. The Hall–Kier alpha value is -2.58. The third kappa shape index (κ3) is 4.09. The molecular weight excluding hydrogens is 388 g/mol. The lowest BCUT2D eigenvalue weighted by Crippen LogP contribution is -2.39. The van der Waals surface area contributed by atoms with Crippen molar-refractivity contribution in [2.75, 3.05) is 13.1 Å². The first-order valence-corrected chi connectivity index (χ1v) is 11.2. The highest BCUT2D eigenvalue weighted by atomic mass is 32.2. The van der Waals surface area contributed by atoms with Gasteiger partial charge < -0.3 is 4.52 Å². The zero-order valence-electron chi connectivity index (χ0n) is 16.5. The molecule has 3 heterocycles. The number of nitrogens with zero attached hydrogens (tertiary/aromatic N) is 4. The van der Waals surface area contributed by atoms with Gasteiger partial charge in [0, 0.05) is 31.0 Å². The molecule has 1 fully saturated rings. The van der Waals surface area contributed by atoms with E-state index in [0.29, 0.717) is 35.6 Å². The van der Waals surface area contributed by atoms with E-state index in [-0.39, 0.29) is 5.92 Å². The molecule has 29 heavy (non-hydrogen) atoms. The van der Waals surface area contributed by atoms with Crippen LogP contribution in [0, 0.1) is 0 Å². The molecule has 2 aromatic heterocycles. The van der Waals surface area contributed by atoms with Gasteiger partial charge in [0.2, 0.25) is 21.7 Å². The number of hydrogen-bond acceptors (Lipinski definition) is 6. The first-order chi connectivity index (χ1) is 13.9. The van der Waals surface area contributed by atoms with Crippen LogP contribution < -0.4 is 0 Å². The molecule has 7 nitrogen and oxygen atoms in total. The summed E-state index contributed by atoms with van der Waals surface area (Å²) in [6, 6.07) is 10.8. The predicted molar refractivity (Wildman–Crippen MR) is 109 cm³/mol. The van der Waals surface area contributed by atoms with Crippen LogP contribution in [0.25, 0.3) is 11.4 Å². The summed E-state index contributed by atoms with van der Waals surface area (Å²) in [5.74, 6) is 1.18. The van der Waals surface area contributed by atoms with Gasteiger partial charge >= 0.3 is 0 Å². The minimum absolute atomic E-state index is 0.119. The molecule has 0 amide bonds. The summed E-state index contributed by atoms with van der Waals surface area (Å²) in [6.07, 6.45) is 4.92. The highest BCUT2D eigenvalue weighted by Crippen LogP contribution is 2.31. The maximum atomic E-state index is 13.1. The van der Waals surface area contributed by atoms with Crippen LogP contribution in [-0.2, 0) is 10.0 Å². The summed E-state index contributed by atoms with van der Waals surface area (Å²) >= 11 is 0. The van der Waals surface area contributed by atoms with Crippen LogP contribution in [0.15, 0.2) is 58.2 Å². The molecule has 4 rings (SSSR count). The van der Waals surface area contributed by atoms with Crippen molar-refractivity contribution in [3.63, 3.8) is 0 Å². The fourth-order valence-electron chi connectivity index (χ4n) is 3.55. The molecule has 0 aliphatic carbocycles. The van der Waals surface area contributed by atoms with Gasteiger partial charge in [-0.15, -0.1) is 0 Å². The van der Waals surface area contributed by atoms with Crippen LogP contribution in [0.4, 0.5) is 0 Å². The minimum Gasteiger partial charge on any atom is -0.339 e. The summed E-state index contributed by atoms with van der Waals surface area (Å²) in [5.41, 5.74) is 1.89. The van der Waals surface area contributed by atoms with Crippen molar-refractivity contribution in [3.05, 3.63) is 60.2 Å². The van der Waals surface area contributed by atoms with Crippen LogP contribution in [0.5, 0.6) is 0 Å². The number of hydrogen-bond donors (Lipinski definition) is 0. The second kappa shape index (κ2) is 8.04. The third-order valence-electron chi connectivity index (χ3n) is 5.28. The molecule has 0 spiro atoms. The molecule has 1 aliphatic rings. The van der Waals surface area contributed by atoms with Crippen LogP contribution in [0.3, 0.4) is 0 Å². The molecule has 0 radical (unpaired) electrons. The third-order valence-corrected chi connectivity index (χ3v) is 7.16. The van der Waals surface area contributed by atoms with Gasteiger partial charge in [0.1, 0.15) is 0 Å². The van der Waals surface area contributed by atoms with Crippen molar-refractivity contribution in [1.29, 1.82) is 0 Å². The molecular formula is C21H24N4O3S. The lowest BCUT2D eigenvalue weighted by atomic mass is 10.00. The van der Waals surface area contributed by atoms with E-state index in [1.807, 2.05) is 24.3 Å². The number of sulfonamides is 1. The van der Waals surface area contributed by atoms with Crippen molar-refractivity contribution in [2.45, 2.75) is 43.4 Å². The average Bonchev–Trinajstić information content (AvgIpc) is 3.25. The maximum absolute atomic E-state index is 13.1. The van der Waals surface area contributed by atoms with E-state index < -0.39 is 10.0 Å². The largest absolute Gasteiger partial charge is 0.339 e. The number of rotatable bonds is 5. The molecule has 0 bridgehead atoms. The normalized spacial score (nSPS) is 18.2. The van der Waals surface area contributed by atoms with Gasteiger partial charge in [-0.3, -0.25) is 4.98 Å². The molecule has 1 atom stereocenters. The SMILES string of the molecule is CC(C)c1ccc(S(=O)(=O)N2CCC[C@H](c3nc(-c4cccnc4)no3)C2)cc1. The Balaban J connectivity index is 1.53. The van der Waals surface area contributed by atoms with Crippen molar-refractivity contribution in [1.82, 2.24) is 19.4 Å². The average molecular weight is 413 g/mol. The number of pyridine rings is 1. The van der Waals surface area contributed by atoms with Crippen LogP contribution in [0.2, 0.25) is 0 Å². The maximum Gasteiger partial charge on any atom is 0.243 e. The van der Waals surface area contributed by atoms with Crippen LogP contribution >= 0.6 is 0 Å². The summed E-state index contributed by atoms with van der Waals surface area (Å²) in [7, 11) is -3.56. The molecule has 152 valence electrons. The van der Waals surface area contributed by atoms with Crippen LogP contribution in [0.1, 0.15) is 50.0 Å². The van der Waals surface area contributed by atoms with Crippen LogP contribution in [-0.4, -0.2) is 40.9 Å². The van der Waals surface area contributed by atoms with E-state index in [1.54, 1.807) is 24.5 Å². The number of aromatic nitrogens is 3. The fourth-order valence-corrected chi connectivity index (χ4v) is 5.07. The fraction of sp³-hybridized carbons (Fsp3) is 0.381. The Bertz CT molecular complexity index is 1060. The van der Waals surface area contributed by atoms with E-state index >= 15 is 0 Å². The molecule has 1 aromatic carbocycles. The zero-order chi connectivity index (χ0) is 20.4. The van der Waals surface area contributed by atoms with E-state index in [2.05, 4.69) is 29.0 Å². The predicted octanol–water partition coefficient (Wildman–Crippen LogP) is 3.82. The Morgan fingerprint density at radius 1 is 1.17 bits per heavy atom. The summed E-state index contributed by atoms with van der Waals surface area (Å²) in [5, 5.41) is 4.04. The molecule has 8 heteroatoms. The van der Waals surface area contributed by atoms with Gasteiger partial charge in [-0.25, -0.2) is 8.42 Å². The second-order valence-corrected chi connectivity index (χ2v) is 9.56. The highest BCUT2D eigenvalue weighted by molar-refractivity contribution is 7.89. The van der Waals surface area contributed by atoms with Crippen molar-refractivity contribution >= 4 is 10.0 Å². The molecule has 0 N–H and O–H groups in total. The Labute approximate surface area is 170 Å². The molecule has 0 unspecified atom stereocenters. The van der Waals surface area contributed by atoms with Gasteiger partial charge in [0.15, 0.2) is 0 Å². The van der Waals surface area contributed by atoms with Gasteiger partial charge in [-0.2, -0.15) is 9.29 Å². The van der Waals surface area contributed by atoms with Crippen molar-refractivity contribution in [2.24, 2.45) is 0 Å². The molecule has 1 aliphatic heterocycles. The smallest absolute Gasteiger partial charge is 0.243 e. The van der Waals surface area contributed by atoms with Gasteiger partial charge in [0.25, 0.3) is 0 Å². The Morgan fingerprint density at radius 3 is 2.66 bits per heavy atom. The Morgan fingerprint density at radius 2 is 1.97 bits per heavy atom. The quantitative estimate of drug-likeness (QED) is 0.633. The first-order valence-electron chi connectivity index (χ1n) is 9.79. The summed E-state index contributed by atoms with van der Waals surface area (Å²) in [4.78, 5) is 8.88. The highest BCUT2D eigenvalue weighted by Gasteiger charge is 2.33. The standard InChI is InChI=1S/C21H24N4O3S/c1-15(2)16-7-9-19(10-8-16)29(26,27)25-12-4-6-18(14-25)21-23-20(24-28-21)17-5-3-11-22-13-17/h3,5,7-11,13,15,18H,4,6,12,14H2,1-2H3/t18-/m0/s1.